The number of rotatable bonds is 9. The fourth-order valence-electron chi connectivity index (χ4n) is 3.44. The lowest BCUT2D eigenvalue weighted by Gasteiger charge is -2.31. The van der Waals surface area contributed by atoms with E-state index in [0.29, 0.717) is 22.6 Å². The number of carbonyl (C=O) groups excluding carboxylic acids is 2. The van der Waals surface area contributed by atoms with Crippen LogP contribution in [0, 0.1) is 0 Å². The number of benzene rings is 1. The third kappa shape index (κ3) is 6.57. The maximum Gasteiger partial charge on any atom is 0.337 e. The summed E-state index contributed by atoms with van der Waals surface area (Å²) in [5, 5.41) is 3.07. The van der Waals surface area contributed by atoms with Crippen LogP contribution < -0.4 is 10.0 Å². The zero-order chi connectivity index (χ0) is 24.1. The molecule has 0 bridgehead atoms. The van der Waals surface area contributed by atoms with Crippen molar-refractivity contribution in [3.63, 3.8) is 0 Å². The molecule has 0 aliphatic carbocycles. The summed E-state index contributed by atoms with van der Waals surface area (Å²) in [7, 11) is -2.02. The van der Waals surface area contributed by atoms with Gasteiger partial charge >= 0.3 is 11.9 Å². The van der Waals surface area contributed by atoms with Gasteiger partial charge in [-0.05, 0) is 45.4 Å². The molecule has 1 atom stereocenters. The highest BCUT2D eigenvalue weighted by molar-refractivity contribution is 7.92. The topological polar surface area (TPSA) is 120 Å². The molecule has 9 nitrogen and oxygen atoms in total. The molecule has 1 heterocycles. The van der Waals surface area contributed by atoms with E-state index in [4.69, 9.17) is 14.2 Å². The average Bonchev–Trinajstić information content (AvgIpc) is 2.65. The third-order valence-corrected chi connectivity index (χ3v) is 5.19. The van der Waals surface area contributed by atoms with Crippen molar-refractivity contribution in [1.82, 2.24) is 5.32 Å². The molecule has 1 unspecified atom stereocenters. The van der Waals surface area contributed by atoms with Gasteiger partial charge in [0.2, 0.25) is 10.0 Å². The average molecular weight is 467 g/mol. The first kappa shape index (κ1) is 25.4. The van der Waals surface area contributed by atoms with Crippen molar-refractivity contribution in [1.29, 1.82) is 0 Å². The summed E-state index contributed by atoms with van der Waals surface area (Å²) in [4.78, 5) is 26.0. The normalized spacial score (nSPS) is 16.7. The van der Waals surface area contributed by atoms with Crippen molar-refractivity contribution in [3.8, 4) is 0 Å². The molecule has 0 saturated carbocycles. The minimum atomic E-state index is -3.52. The van der Waals surface area contributed by atoms with Gasteiger partial charge < -0.3 is 19.5 Å². The molecule has 0 amide bonds. The Labute approximate surface area is 188 Å². The molecular formula is C22H30N2O7S. The summed E-state index contributed by atoms with van der Waals surface area (Å²) in [6.45, 7) is 7.17. The molecule has 0 aromatic heterocycles. The van der Waals surface area contributed by atoms with Gasteiger partial charge in [0.1, 0.15) is 6.61 Å². The summed E-state index contributed by atoms with van der Waals surface area (Å²) in [5.74, 6) is -2.01. The van der Waals surface area contributed by atoms with E-state index in [0.717, 1.165) is 6.26 Å². The number of esters is 2. The highest BCUT2D eigenvalue weighted by Crippen LogP contribution is 2.40. The molecule has 1 aromatic carbocycles. The van der Waals surface area contributed by atoms with Crippen LogP contribution in [-0.4, -0.2) is 53.0 Å². The largest absolute Gasteiger partial charge is 0.460 e. The first-order chi connectivity index (χ1) is 14.9. The second-order valence-corrected chi connectivity index (χ2v) is 9.47. The predicted molar refractivity (Wildman–Crippen MR) is 120 cm³/mol. The Kier molecular flexibility index (Phi) is 8.45. The van der Waals surface area contributed by atoms with Crippen LogP contribution in [0.5, 0.6) is 0 Å². The van der Waals surface area contributed by atoms with E-state index in [1.165, 1.54) is 7.11 Å². The van der Waals surface area contributed by atoms with Crippen LogP contribution in [0.2, 0.25) is 0 Å². The number of carbonyl (C=O) groups is 2. The molecule has 0 spiro atoms. The molecule has 1 aromatic rings. The SMILES string of the molecule is COCCOC(=O)C1=C(C)NC(C)=C(C(=O)OC(C)C)C1c1cccc(NS(C)(=O)=O)c1. The summed E-state index contributed by atoms with van der Waals surface area (Å²) in [6.07, 6.45) is 0.674. The van der Waals surface area contributed by atoms with Crippen LogP contribution in [0.25, 0.3) is 0 Å². The molecule has 10 heteroatoms. The molecule has 2 rings (SSSR count). The molecule has 32 heavy (non-hydrogen) atoms. The fourth-order valence-corrected chi connectivity index (χ4v) is 3.99. The van der Waals surface area contributed by atoms with Crippen LogP contribution in [0.4, 0.5) is 5.69 Å². The molecular weight excluding hydrogens is 436 g/mol. The Balaban J connectivity index is 2.61. The standard InChI is InChI=1S/C22H30N2O7S/c1-13(2)31-22(26)19-15(4)23-14(3)18(21(25)30-11-10-29-5)20(19)16-8-7-9-17(12-16)24-32(6,27)28/h7-9,12-13,20,23-24H,10-11H2,1-6H3. The predicted octanol–water partition coefficient (Wildman–Crippen LogP) is 2.43. The molecule has 0 radical (unpaired) electrons. The second kappa shape index (κ2) is 10.6. The van der Waals surface area contributed by atoms with E-state index < -0.39 is 27.9 Å². The summed E-state index contributed by atoms with van der Waals surface area (Å²) >= 11 is 0. The van der Waals surface area contributed by atoms with E-state index in [1.807, 2.05) is 0 Å². The minimum absolute atomic E-state index is 0.0446. The van der Waals surface area contributed by atoms with Gasteiger partial charge in [0.15, 0.2) is 0 Å². The van der Waals surface area contributed by atoms with Gasteiger partial charge in [-0.3, -0.25) is 4.72 Å². The smallest absolute Gasteiger partial charge is 0.337 e. The number of dihydropyridines is 1. The number of allylic oxidation sites excluding steroid dienone is 2. The Hall–Kier alpha value is -2.85. The number of sulfonamides is 1. The minimum Gasteiger partial charge on any atom is -0.460 e. The Bertz CT molecular complexity index is 1040. The van der Waals surface area contributed by atoms with Gasteiger partial charge in [-0.1, -0.05) is 12.1 Å². The molecule has 2 N–H and O–H groups in total. The van der Waals surface area contributed by atoms with Crippen molar-refractivity contribution in [2.45, 2.75) is 39.7 Å². The molecule has 176 valence electrons. The quantitative estimate of drug-likeness (QED) is 0.421. The summed E-state index contributed by atoms with van der Waals surface area (Å²) in [5.41, 5.74) is 2.39. The van der Waals surface area contributed by atoms with Crippen molar-refractivity contribution < 1.29 is 32.2 Å². The van der Waals surface area contributed by atoms with Crippen molar-refractivity contribution >= 4 is 27.6 Å². The lowest BCUT2D eigenvalue weighted by Crippen LogP contribution is -2.33. The van der Waals surface area contributed by atoms with Crippen molar-refractivity contribution in [3.05, 3.63) is 52.4 Å². The second-order valence-electron chi connectivity index (χ2n) is 7.72. The lowest BCUT2D eigenvalue weighted by atomic mass is 9.80. The zero-order valence-electron chi connectivity index (χ0n) is 19.1. The maximum absolute atomic E-state index is 13.0. The van der Waals surface area contributed by atoms with Crippen LogP contribution in [-0.2, 0) is 33.8 Å². The number of hydrogen-bond acceptors (Lipinski definition) is 8. The van der Waals surface area contributed by atoms with Gasteiger partial charge in [-0.15, -0.1) is 0 Å². The van der Waals surface area contributed by atoms with E-state index in [9.17, 15) is 18.0 Å². The van der Waals surface area contributed by atoms with E-state index in [1.54, 1.807) is 52.0 Å². The number of anilines is 1. The summed E-state index contributed by atoms with van der Waals surface area (Å²) < 4.78 is 41.6. The first-order valence-electron chi connectivity index (χ1n) is 10.1. The first-order valence-corrected chi connectivity index (χ1v) is 12.0. The monoisotopic (exact) mass is 466 g/mol. The highest BCUT2D eigenvalue weighted by Gasteiger charge is 2.38. The Morgan fingerprint density at radius 2 is 1.72 bits per heavy atom. The van der Waals surface area contributed by atoms with Crippen LogP contribution in [0.15, 0.2) is 46.8 Å². The van der Waals surface area contributed by atoms with E-state index in [-0.39, 0.29) is 30.5 Å². The Morgan fingerprint density at radius 3 is 2.28 bits per heavy atom. The molecule has 1 aliphatic heterocycles. The molecule has 0 fully saturated rings. The van der Waals surface area contributed by atoms with Gasteiger partial charge in [0.05, 0.1) is 36.0 Å². The highest BCUT2D eigenvalue weighted by atomic mass is 32.2. The zero-order valence-corrected chi connectivity index (χ0v) is 20.0. The van der Waals surface area contributed by atoms with Crippen LogP contribution in [0.3, 0.4) is 0 Å². The summed E-state index contributed by atoms with van der Waals surface area (Å²) in [6, 6.07) is 6.54. The Morgan fingerprint density at radius 1 is 1.09 bits per heavy atom. The fraction of sp³-hybridized carbons (Fsp3) is 0.455. The van der Waals surface area contributed by atoms with Crippen molar-refractivity contribution in [2.75, 3.05) is 31.3 Å². The maximum atomic E-state index is 13.0. The van der Waals surface area contributed by atoms with Crippen LogP contribution >= 0.6 is 0 Å². The van der Waals surface area contributed by atoms with E-state index in [2.05, 4.69) is 10.0 Å². The number of nitrogens with one attached hydrogen (secondary N) is 2. The van der Waals surface area contributed by atoms with Gasteiger partial charge in [0.25, 0.3) is 0 Å². The molecule has 0 saturated heterocycles. The van der Waals surface area contributed by atoms with Crippen molar-refractivity contribution in [2.24, 2.45) is 0 Å². The van der Waals surface area contributed by atoms with Crippen LogP contribution in [0.1, 0.15) is 39.2 Å². The number of ether oxygens (including phenoxy) is 3. The number of methoxy groups -OCH3 is 1. The van der Waals surface area contributed by atoms with Gasteiger partial charge in [-0.25, -0.2) is 18.0 Å². The molecule has 1 aliphatic rings. The lowest BCUT2D eigenvalue weighted by molar-refractivity contribution is -0.143. The van der Waals surface area contributed by atoms with Gasteiger partial charge in [-0.2, -0.15) is 0 Å². The number of hydrogen-bond donors (Lipinski definition) is 2. The van der Waals surface area contributed by atoms with Gasteiger partial charge in [0, 0.05) is 24.2 Å². The van der Waals surface area contributed by atoms with E-state index >= 15 is 0 Å². The third-order valence-electron chi connectivity index (χ3n) is 4.59.